The van der Waals surface area contributed by atoms with Gasteiger partial charge in [0.1, 0.15) is 6.04 Å². The summed E-state index contributed by atoms with van der Waals surface area (Å²) < 4.78 is 0. The fraction of sp³-hybridized carbons (Fsp3) is 0.174. The number of halogens is 1. The topological polar surface area (TPSA) is 69.7 Å². The second-order valence-corrected chi connectivity index (χ2v) is 8.56. The van der Waals surface area contributed by atoms with Crippen LogP contribution in [-0.4, -0.2) is 35.3 Å². The predicted molar refractivity (Wildman–Crippen MR) is 123 cm³/mol. The van der Waals surface area contributed by atoms with Crippen molar-refractivity contribution in [1.29, 1.82) is 0 Å². The molecule has 1 aliphatic heterocycles. The lowest BCUT2D eigenvalue weighted by Crippen LogP contribution is -2.39. The van der Waals surface area contributed by atoms with Crippen molar-refractivity contribution in [3.63, 3.8) is 0 Å². The smallest absolute Gasteiger partial charge is 0.326 e. The molecule has 1 unspecified atom stereocenters. The fourth-order valence-corrected chi connectivity index (χ4v) is 4.42. The molecule has 0 aliphatic carbocycles. The lowest BCUT2D eigenvalue weighted by atomic mass is 10.1. The van der Waals surface area contributed by atoms with E-state index in [1.807, 2.05) is 35.7 Å². The Morgan fingerprint density at radius 2 is 1.84 bits per heavy atom. The van der Waals surface area contributed by atoms with Crippen LogP contribution in [0.2, 0.25) is 5.02 Å². The third-order valence-electron chi connectivity index (χ3n) is 5.00. The third kappa shape index (κ3) is 4.78. The van der Waals surface area contributed by atoms with Gasteiger partial charge in [-0.3, -0.25) is 9.59 Å². The van der Waals surface area contributed by atoms with Crippen LogP contribution in [0.15, 0.2) is 72.1 Å². The van der Waals surface area contributed by atoms with Gasteiger partial charge in [-0.1, -0.05) is 41.9 Å². The fourth-order valence-electron chi connectivity index (χ4n) is 3.53. The third-order valence-corrected chi connectivity index (χ3v) is 6.17. The van der Waals surface area contributed by atoms with E-state index in [9.17, 15) is 14.4 Å². The minimum absolute atomic E-state index is 0.124. The van der Waals surface area contributed by atoms with E-state index in [1.165, 1.54) is 4.90 Å². The zero-order valence-electron chi connectivity index (χ0n) is 16.5. The van der Waals surface area contributed by atoms with Crippen molar-refractivity contribution in [3.8, 4) is 0 Å². The Bertz CT molecular complexity index is 1090. The van der Waals surface area contributed by atoms with Crippen LogP contribution in [-0.2, 0) is 16.0 Å². The van der Waals surface area contributed by atoms with E-state index in [1.54, 1.807) is 47.7 Å². The number of hydrogen-bond acceptors (Lipinski definition) is 4. The van der Waals surface area contributed by atoms with Crippen molar-refractivity contribution >= 4 is 52.2 Å². The van der Waals surface area contributed by atoms with Crippen LogP contribution >= 0.6 is 22.9 Å². The monoisotopic (exact) mass is 453 g/mol. The number of anilines is 2. The van der Waals surface area contributed by atoms with Crippen molar-refractivity contribution in [1.82, 2.24) is 4.90 Å². The molecule has 31 heavy (non-hydrogen) atoms. The van der Waals surface area contributed by atoms with Crippen molar-refractivity contribution in [2.75, 3.05) is 16.8 Å². The number of benzene rings is 2. The Kier molecular flexibility index (Phi) is 6.34. The second kappa shape index (κ2) is 9.32. The number of nitrogens with zero attached hydrogens (tertiary/aromatic N) is 2. The zero-order chi connectivity index (χ0) is 21.8. The van der Waals surface area contributed by atoms with Gasteiger partial charge >= 0.3 is 6.03 Å². The Hall–Kier alpha value is -3.16. The van der Waals surface area contributed by atoms with Crippen LogP contribution in [0.3, 0.4) is 0 Å². The first-order chi connectivity index (χ1) is 15.0. The first kappa shape index (κ1) is 21.1. The summed E-state index contributed by atoms with van der Waals surface area (Å²) in [6.07, 6.45) is 0.484. The summed E-state index contributed by atoms with van der Waals surface area (Å²) in [5, 5.41) is 5.18. The average molecular weight is 454 g/mol. The minimum atomic E-state index is -0.879. The normalized spacial score (nSPS) is 16.1. The molecule has 0 spiro atoms. The molecule has 8 heteroatoms. The van der Waals surface area contributed by atoms with E-state index in [0.29, 0.717) is 29.4 Å². The lowest BCUT2D eigenvalue weighted by Gasteiger charge is -2.21. The SMILES string of the molecule is O=C(CC1C(=O)N(c2cccc(Cl)c2)C(=O)N1CCc1cccs1)Nc1ccccc1. The van der Waals surface area contributed by atoms with E-state index < -0.39 is 18.0 Å². The molecule has 1 aliphatic rings. The van der Waals surface area contributed by atoms with Crippen LogP contribution in [0.25, 0.3) is 0 Å². The Labute approximate surface area is 189 Å². The Morgan fingerprint density at radius 1 is 1.03 bits per heavy atom. The highest BCUT2D eigenvalue weighted by molar-refractivity contribution is 7.09. The minimum Gasteiger partial charge on any atom is -0.326 e. The van der Waals surface area contributed by atoms with Crippen LogP contribution < -0.4 is 10.2 Å². The van der Waals surface area contributed by atoms with Gasteiger partial charge < -0.3 is 10.2 Å². The maximum Gasteiger partial charge on any atom is 0.332 e. The molecule has 1 fully saturated rings. The van der Waals surface area contributed by atoms with Gasteiger partial charge in [0.05, 0.1) is 12.1 Å². The molecule has 6 nitrogen and oxygen atoms in total. The number of nitrogens with one attached hydrogen (secondary N) is 1. The van der Waals surface area contributed by atoms with E-state index in [0.717, 1.165) is 9.78 Å². The van der Waals surface area contributed by atoms with Gasteiger partial charge in [0.15, 0.2) is 0 Å². The molecule has 1 N–H and O–H groups in total. The largest absolute Gasteiger partial charge is 0.332 e. The van der Waals surface area contributed by atoms with E-state index in [2.05, 4.69) is 5.32 Å². The van der Waals surface area contributed by atoms with Gasteiger partial charge in [0, 0.05) is 22.1 Å². The number of hydrogen-bond donors (Lipinski definition) is 1. The number of carbonyl (C=O) groups excluding carboxylic acids is 3. The number of amides is 4. The van der Waals surface area contributed by atoms with Crippen molar-refractivity contribution in [2.45, 2.75) is 18.9 Å². The second-order valence-electron chi connectivity index (χ2n) is 7.09. The summed E-state index contributed by atoms with van der Waals surface area (Å²) in [5.41, 5.74) is 1.04. The quantitative estimate of drug-likeness (QED) is 0.522. The summed E-state index contributed by atoms with van der Waals surface area (Å²) in [6.45, 7) is 0.339. The number of thiophene rings is 1. The first-order valence-electron chi connectivity index (χ1n) is 9.80. The van der Waals surface area contributed by atoms with Gasteiger partial charge in [-0.15, -0.1) is 11.3 Å². The van der Waals surface area contributed by atoms with Gasteiger partial charge in [0.2, 0.25) is 5.91 Å². The number of rotatable bonds is 7. The summed E-state index contributed by atoms with van der Waals surface area (Å²) in [7, 11) is 0. The summed E-state index contributed by atoms with van der Waals surface area (Å²) in [6, 6.07) is 18.2. The molecule has 158 valence electrons. The molecule has 2 aromatic carbocycles. The number of para-hydroxylation sites is 1. The molecule has 4 amide bonds. The highest BCUT2D eigenvalue weighted by atomic mass is 35.5. The molecule has 1 atom stereocenters. The molecule has 4 rings (SSSR count). The number of urea groups is 1. The van der Waals surface area contributed by atoms with Crippen molar-refractivity contribution in [2.24, 2.45) is 0 Å². The molecular weight excluding hydrogens is 434 g/mol. The predicted octanol–water partition coefficient (Wildman–Crippen LogP) is 4.81. The summed E-state index contributed by atoms with van der Waals surface area (Å²) in [4.78, 5) is 42.8. The maximum absolute atomic E-state index is 13.2. The molecule has 2 heterocycles. The molecule has 1 saturated heterocycles. The number of carbonyl (C=O) groups is 3. The molecule has 0 saturated carbocycles. The van der Waals surface area contributed by atoms with Crippen LogP contribution in [0.5, 0.6) is 0 Å². The van der Waals surface area contributed by atoms with Gasteiger partial charge in [-0.05, 0) is 48.2 Å². The number of imide groups is 1. The maximum atomic E-state index is 13.2. The van der Waals surface area contributed by atoms with Crippen molar-refractivity contribution < 1.29 is 14.4 Å². The molecule has 3 aromatic rings. The van der Waals surface area contributed by atoms with Crippen LogP contribution in [0, 0.1) is 0 Å². The lowest BCUT2D eigenvalue weighted by molar-refractivity contribution is -0.124. The zero-order valence-corrected chi connectivity index (χ0v) is 18.1. The Morgan fingerprint density at radius 3 is 2.55 bits per heavy atom. The van der Waals surface area contributed by atoms with Gasteiger partial charge in [-0.2, -0.15) is 0 Å². The first-order valence-corrected chi connectivity index (χ1v) is 11.1. The van der Waals surface area contributed by atoms with Gasteiger partial charge in [-0.25, -0.2) is 9.69 Å². The van der Waals surface area contributed by atoms with E-state index in [-0.39, 0.29) is 12.3 Å². The van der Waals surface area contributed by atoms with E-state index in [4.69, 9.17) is 11.6 Å². The molecule has 0 bridgehead atoms. The Balaban J connectivity index is 1.56. The highest BCUT2D eigenvalue weighted by Crippen LogP contribution is 2.29. The van der Waals surface area contributed by atoms with Crippen LogP contribution in [0.4, 0.5) is 16.2 Å². The summed E-state index contributed by atoms with van der Waals surface area (Å²) >= 11 is 7.66. The standard InChI is InChI=1S/C23H20ClN3O3S/c24-16-6-4-9-18(14-16)27-22(29)20(15-21(28)25-17-7-2-1-3-8-17)26(23(27)30)12-11-19-10-5-13-31-19/h1-10,13-14,20H,11-12,15H2,(H,25,28). The molecule has 0 radical (unpaired) electrons. The van der Waals surface area contributed by atoms with Gasteiger partial charge in [0.25, 0.3) is 5.91 Å². The molecular formula is C23H20ClN3O3S. The van der Waals surface area contributed by atoms with Crippen molar-refractivity contribution in [3.05, 3.63) is 82.0 Å². The summed E-state index contributed by atoms with van der Waals surface area (Å²) in [5.74, 6) is -0.756. The highest BCUT2D eigenvalue weighted by Gasteiger charge is 2.46. The average Bonchev–Trinajstić information content (AvgIpc) is 3.34. The molecule has 1 aromatic heterocycles. The van der Waals surface area contributed by atoms with Crippen LogP contribution in [0.1, 0.15) is 11.3 Å². The van der Waals surface area contributed by atoms with E-state index >= 15 is 0 Å².